The predicted molar refractivity (Wildman–Crippen MR) is 132 cm³/mol. The van der Waals surface area contributed by atoms with Crippen LogP contribution in [0.3, 0.4) is 0 Å². The highest BCUT2D eigenvalue weighted by atomic mass is 16.6. The van der Waals surface area contributed by atoms with Crippen molar-refractivity contribution in [1.29, 1.82) is 0 Å². The maximum Gasteiger partial charge on any atom is 0.217 e. The number of ether oxygens (including phenoxy) is 2. The average Bonchev–Trinajstić information content (AvgIpc) is 2.95. The molecule has 0 aliphatic carbocycles. The summed E-state index contributed by atoms with van der Waals surface area (Å²) in [6.07, 6.45) is -17.3. The Bertz CT molecular complexity index is 761. The molecule has 2 saturated heterocycles. The molecule has 248 valence electrons. The van der Waals surface area contributed by atoms with E-state index in [-0.39, 0.29) is 6.29 Å². The second-order valence-corrected chi connectivity index (χ2v) is 9.27. The van der Waals surface area contributed by atoms with Crippen LogP contribution in [0.2, 0.25) is 0 Å². The van der Waals surface area contributed by atoms with Crippen LogP contribution in [0.15, 0.2) is 0 Å². The van der Waals surface area contributed by atoms with Crippen molar-refractivity contribution in [3.63, 3.8) is 0 Å². The van der Waals surface area contributed by atoms with E-state index in [0.29, 0.717) is 0 Å². The highest BCUT2D eigenvalue weighted by Gasteiger charge is 2.45. The van der Waals surface area contributed by atoms with Crippen LogP contribution < -0.4 is 10.6 Å². The predicted octanol–water partition coefficient (Wildman–Crippen LogP) is -9.53. The number of aliphatic hydroxyl groups is 13. The lowest BCUT2D eigenvalue weighted by atomic mass is 9.97. The molecule has 0 aromatic carbocycles. The minimum atomic E-state index is -1.79. The normalized spacial score (nSPS) is 35.5. The Morgan fingerprint density at radius 2 is 1.05 bits per heavy atom. The number of amides is 2. The first-order valence-corrected chi connectivity index (χ1v) is 12.4. The molecule has 2 unspecified atom stereocenters. The van der Waals surface area contributed by atoms with Crippen LogP contribution in [0.5, 0.6) is 0 Å². The number of carbonyl (C=O) groups is 3. The summed E-state index contributed by atoms with van der Waals surface area (Å²) in [6.45, 7) is 0.613. The van der Waals surface area contributed by atoms with E-state index in [0.717, 1.165) is 0 Å². The molecule has 15 N–H and O–H groups in total. The first-order chi connectivity index (χ1) is 19.5. The molecule has 0 radical (unpaired) electrons. The van der Waals surface area contributed by atoms with Crippen LogP contribution in [0.4, 0.5) is 0 Å². The highest BCUT2D eigenvalue weighted by Crippen LogP contribution is 2.20. The molecule has 0 aromatic heterocycles. The van der Waals surface area contributed by atoms with E-state index in [1.807, 2.05) is 0 Å². The fourth-order valence-corrected chi connectivity index (χ4v) is 3.59. The number of carbonyl (C=O) groups excluding carboxylic acids is 3. The summed E-state index contributed by atoms with van der Waals surface area (Å²) in [6, 6.07) is -2.19. The SMILES string of the molecule is CC(=O)N[C@H]1C(O)O[C@H](CO)[C@@H](O)[C@@H]1O.CC(=O)N[C@H]1C(O)O[C@H](CO)[C@@H](O)[C@@H]1O.O=C[C@H](O)[C@@H](O)[C@H](O)[C@H](O)CO. The smallest absolute Gasteiger partial charge is 0.217 e. The maximum atomic E-state index is 10.7. The van der Waals surface area contributed by atoms with Gasteiger partial charge in [0.1, 0.15) is 73.1 Å². The highest BCUT2D eigenvalue weighted by molar-refractivity contribution is 5.73. The molecule has 0 saturated carbocycles. The first-order valence-electron chi connectivity index (χ1n) is 12.4. The molecule has 2 amide bonds. The van der Waals surface area contributed by atoms with Crippen LogP contribution >= 0.6 is 0 Å². The van der Waals surface area contributed by atoms with Gasteiger partial charge >= 0.3 is 0 Å². The number of hydrogen-bond donors (Lipinski definition) is 15. The molecule has 0 aromatic rings. The molecule has 2 aliphatic heterocycles. The van der Waals surface area contributed by atoms with Gasteiger partial charge in [-0.25, -0.2) is 0 Å². The van der Waals surface area contributed by atoms with E-state index in [2.05, 4.69) is 10.6 Å². The third-order valence-electron chi connectivity index (χ3n) is 5.96. The van der Waals surface area contributed by atoms with Crippen molar-refractivity contribution >= 4 is 18.1 Å². The summed E-state index contributed by atoms with van der Waals surface area (Å²) in [7, 11) is 0. The molecule has 2 aliphatic rings. The van der Waals surface area contributed by atoms with Crippen LogP contribution in [0, 0.1) is 0 Å². The van der Waals surface area contributed by atoms with Crippen LogP contribution in [-0.4, -0.2) is 190 Å². The van der Waals surface area contributed by atoms with Crippen molar-refractivity contribution in [3.05, 3.63) is 0 Å². The van der Waals surface area contributed by atoms with Gasteiger partial charge in [-0.1, -0.05) is 0 Å². The Kier molecular flexibility index (Phi) is 18.4. The molecule has 0 spiro atoms. The van der Waals surface area contributed by atoms with Crippen LogP contribution in [-0.2, 0) is 23.9 Å². The van der Waals surface area contributed by atoms with Crippen molar-refractivity contribution < 1.29 is 90.2 Å². The van der Waals surface area contributed by atoms with Gasteiger partial charge in [0.05, 0.1) is 19.8 Å². The van der Waals surface area contributed by atoms with Crippen molar-refractivity contribution in [2.45, 2.75) is 99.6 Å². The van der Waals surface area contributed by atoms with Crippen LogP contribution in [0.1, 0.15) is 13.8 Å². The number of rotatable bonds is 9. The molecule has 20 nitrogen and oxygen atoms in total. The van der Waals surface area contributed by atoms with Gasteiger partial charge in [-0.05, 0) is 0 Å². The zero-order valence-electron chi connectivity index (χ0n) is 22.6. The van der Waals surface area contributed by atoms with E-state index >= 15 is 0 Å². The molecule has 14 atom stereocenters. The fourth-order valence-electron chi connectivity index (χ4n) is 3.59. The van der Waals surface area contributed by atoms with Crippen molar-refractivity contribution in [2.75, 3.05) is 19.8 Å². The molecule has 20 heteroatoms. The van der Waals surface area contributed by atoms with E-state index in [4.69, 9.17) is 45.2 Å². The zero-order valence-corrected chi connectivity index (χ0v) is 22.6. The van der Waals surface area contributed by atoms with E-state index in [1.165, 1.54) is 13.8 Å². The van der Waals surface area contributed by atoms with Gasteiger partial charge in [0, 0.05) is 13.8 Å². The third-order valence-corrected chi connectivity index (χ3v) is 5.96. The summed E-state index contributed by atoms with van der Waals surface area (Å²) in [4.78, 5) is 31.4. The lowest BCUT2D eigenvalue weighted by Crippen LogP contribution is -2.63. The van der Waals surface area contributed by atoms with Gasteiger partial charge < -0.3 is 91.3 Å². The summed E-state index contributed by atoms with van der Waals surface area (Å²) in [5.74, 6) is -0.923. The maximum absolute atomic E-state index is 10.7. The largest absolute Gasteiger partial charge is 0.394 e. The third kappa shape index (κ3) is 11.9. The van der Waals surface area contributed by atoms with Crippen LogP contribution in [0.25, 0.3) is 0 Å². The summed E-state index contributed by atoms with van der Waals surface area (Å²) in [5.41, 5.74) is 0. The molecule has 0 bridgehead atoms. The number of hydrogen-bond acceptors (Lipinski definition) is 18. The quantitative estimate of drug-likeness (QED) is 0.106. The summed E-state index contributed by atoms with van der Waals surface area (Å²) in [5, 5.41) is 122. The van der Waals surface area contributed by atoms with Crippen molar-refractivity contribution in [2.24, 2.45) is 0 Å². The molecule has 2 heterocycles. The lowest BCUT2D eigenvalue weighted by molar-refractivity contribution is -0.253. The molecule has 42 heavy (non-hydrogen) atoms. The molecular weight excluding hydrogens is 580 g/mol. The Labute approximate surface area is 239 Å². The minimum Gasteiger partial charge on any atom is -0.394 e. The summed E-state index contributed by atoms with van der Waals surface area (Å²) >= 11 is 0. The average molecular weight is 623 g/mol. The van der Waals surface area contributed by atoms with Gasteiger partial charge in [-0.15, -0.1) is 0 Å². The topological polar surface area (TPSA) is 357 Å². The zero-order chi connectivity index (χ0) is 32.9. The standard InChI is InChI=1S/2C8H15NO6.C6H12O6/c2*1-3(11)9-5-7(13)6(12)4(2-10)15-8(5)14;7-1-3(9)5(11)6(12)4(10)2-8/h2*4-8,10,12-14H,2H2,1H3,(H,9,11);1,3-6,8-12H,2H2/t2*4-,5-,6-,7-,8?;3-,4+,5+,6+/m110/s1. The Balaban J connectivity index is 0.000000606. The second kappa shape index (κ2) is 19.3. The Morgan fingerprint density at radius 1 is 0.690 bits per heavy atom. The van der Waals surface area contributed by atoms with Crippen molar-refractivity contribution in [1.82, 2.24) is 10.6 Å². The van der Waals surface area contributed by atoms with E-state index in [1.54, 1.807) is 0 Å². The van der Waals surface area contributed by atoms with E-state index < -0.39 is 117 Å². The van der Waals surface area contributed by atoms with Gasteiger partial charge in [-0.3, -0.25) is 9.59 Å². The van der Waals surface area contributed by atoms with Gasteiger partial charge in [0.2, 0.25) is 11.8 Å². The monoisotopic (exact) mass is 622 g/mol. The summed E-state index contributed by atoms with van der Waals surface area (Å²) < 4.78 is 9.62. The number of nitrogens with one attached hydrogen (secondary N) is 2. The van der Waals surface area contributed by atoms with Crippen molar-refractivity contribution in [3.8, 4) is 0 Å². The molecular formula is C22H42N2O18. The van der Waals surface area contributed by atoms with Gasteiger partial charge in [-0.2, -0.15) is 0 Å². The van der Waals surface area contributed by atoms with Gasteiger partial charge in [0.15, 0.2) is 18.9 Å². The molecule has 2 rings (SSSR count). The van der Waals surface area contributed by atoms with Gasteiger partial charge in [0.25, 0.3) is 0 Å². The van der Waals surface area contributed by atoms with E-state index in [9.17, 15) is 45.0 Å². The first kappa shape index (κ1) is 40.0. The minimum absolute atomic E-state index is 0.0258. The fraction of sp³-hybridized carbons (Fsp3) is 0.864. The Hall–Kier alpha value is -1.99. The number of aliphatic hydroxyl groups excluding tert-OH is 13. The Morgan fingerprint density at radius 3 is 1.31 bits per heavy atom. The lowest BCUT2D eigenvalue weighted by Gasteiger charge is -2.40. The second-order valence-electron chi connectivity index (χ2n) is 9.27. The molecule has 2 fully saturated rings. The number of aldehydes is 1.